The molecule has 2 saturated heterocycles. The maximum Gasteiger partial charge on any atom is 0.262 e. The summed E-state index contributed by atoms with van der Waals surface area (Å²) < 4.78 is 20.5. The third-order valence-corrected chi connectivity index (χ3v) is 6.84. The SMILES string of the molecule is CC(C)N(C(=O)c1cc(F)ccc1Oc1cncnc1N1CC2(CCNCC2)C1)c1ccccc1. The Morgan fingerprint density at radius 1 is 1.11 bits per heavy atom. The average molecular weight is 476 g/mol. The number of nitrogens with zero attached hydrogens (tertiary/aromatic N) is 4. The Hall–Kier alpha value is -3.52. The number of halogens is 1. The lowest BCUT2D eigenvalue weighted by atomic mass is 9.72. The van der Waals surface area contributed by atoms with Crippen molar-refractivity contribution in [2.75, 3.05) is 36.0 Å². The minimum Gasteiger partial charge on any atom is -0.451 e. The number of nitrogens with one attached hydrogen (secondary N) is 1. The molecule has 0 unspecified atom stereocenters. The van der Waals surface area contributed by atoms with Gasteiger partial charge in [0.1, 0.15) is 17.9 Å². The second-order valence-corrected chi connectivity index (χ2v) is 9.66. The molecule has 2 fully saturated rings. The molecule has 1 amide bonds. The van der Waals surface area contributed by atoms with Gasteiger partial charge in [0.05, 0.1) is 11.8 Å². The lowest BCUT2D eigenvalue weighted by Gasteiger charge is -2.53. The van der Waals surface area contributed by atoms with Crippen LogP contribution in [-0.2, 0) is 0 Å². The highest BCUT2D eigenvalue weighted by atomic mass is 19.1. The Kier molecular flexibility index (Phi) is 6.38. The summed E-state index contributed by atoms with van der Waals surface area (Å²) in [6.45, 7) is 7.74. The summed E-state index contributed by atoms with van der Waals surface area (Å²) in [7, 11) is 0. The molecule has 0 saturated carbocycles. The van der Waals surface area contributed by atoms with Crippen molar-refractivity contribution in [1.29, 1.82) is 0 Å². The highest BCUT2D eigenvalue weighted by Gasteiger charge is 2.44. The lowest BCUT2D eigenvalue weighted by Crippen LogP contribution is -2.60. The van der Waals surface area contributed by atoms with Crippen LogP contribution in [-0.4, -0.2) is 48.1 Å². The van der Waals surface area contributed by atoms with Gasteiger partial charge in [0.25, 0.3) is 5.91 Å². The maximum absolute atomic E-state index is 14.3. The Balaban J connectivity index is 1.43. The van der Waals surface area contributed by atoms with Crippen LogP contribution in [0.25, 0.3) is 0 Å². The summed E-state index contributed by atoms with van der Waals surface area (Å²) in [4.78, 5) is 26.1. The molecule has 5 rings (SSSR count). The predicted molar refractivity (Wildman–Crippen MR) is 134 cm³/mol. The second kappa shape index (κ2) is 9.62. The van der Waals surface area contributed by atoms with Gasteiger partial charge in [-0.2, -0.15) is 0 Å². The zero-order valence-corrected chi connectivity index (χ0v) is 20.1. The van der Waals surface area contributed by atoms with Crippen molar-refractivity contribution >= 4 is 17.4 Å². The zero-order chi connectivity index (χ0) is 24.4. The molecule has 0 atom stereocenters. The van der Waals surface area contributed by atoms with Crippen LogP contribution in [0.2, 0.25) is 0 Å². The number of carbonyl (C=O) groups excluding carboxylic acids is 1. The van der Waals surface area contributed by atoms with Gasteiger partial charge in [-0.05, 0) is 70.1 Å². The molecule has 1 aromatic heterocycles. The third-order valence-electron chi connectivity index (χ3n) is 6.84. The van der Waals surface area contributed by atoms with Crippen molar-refractivity contribution < 1.29 is 13.9 Å². The standard InChI is InChI=1S/C27H30FN5O2/c1-19(2)33(21-6-4-3-5-7-21)26(34)22-14-20(28)8-9-23(22)35-24-15-30-18-31-25(24)32-16-27(17-32)10-12-29-13-11-27/h3-9,14-15,18-19,29H,10-13,16-17H2,1-2H3. The van der Waals surface area contributed by atoms with E-state index < -0.39 is 5.82 Å². The Morgan fingerprint density at radius 3 is 2.57 bits per heavy atom. The number of carbonyl (C=O) groups is 1. The highest BCUT2D eigenvalue weighted by Crippen LogP contribution is 2.43. The van der Waals surface area contributed by atoms with Gasteiger partial charge >= 0.3 is 0 Å². The monoisotopic (exact) mass is 475 g/mol. The third kappa shape index (κ3) is 4.71. The zero-order valence-electron chi connectivity index (χ0n) is 20.1. The first-order valence-corrected chi connectivity index (χ1v) is 12.1. The van der Waals surface area contributed by atoms with E-state index >= 15 is 0 Å². The molecule has 8 heteroatoms. The fraction of sp³-hybridized carbons (Fsp3) is 0.370. The number of hydrogen-bond acceptors (Lipinski definition) is 6. The predicted octanol–water partition coefficient (Wildman–Crippen LogP) is 4.65. The fourth-order valence-corrected chi connectivity index (χ4v) is 5.05. The topological polar surface area (TPSA) is 70.6 Å². The number of para-hydroxylation sites is 1. The van der Waals surface area contributed by atoms with Gasteiger partial charge in [-0.3, -0.25) is 4.79 Å². The minimum absolute atomic E-state index is 0.140. The molecule has 7 nitrogen and oxygen atoms in total. The van der Waals surface area contributed by atoms with E-state index in [1.807, 2.05) is 44.2 Å². The Bertz CT molecular complexity index is 1190. The van der Waals surface area contributed by atoms with Crippen LogP contribution < -0.4 is 19.9 Å². The molecular weight excluding hydrogens is 445 g/mol. The minimum atomic E-state index is -0.502. The summed E-state index contributed by atoms with van der Waals surface area (Å²) in [6.07, 6.45) is 5.39. The first-order chi connectivity index (χ1) is 17.0. The second-order valence-electron chi connectivity index (χ2n) is 9.66. The van der Waals surface area contributed by atoms with Crippen LogP contribution in [0, 0.1) is 11.2 Å². The van der Waals surface area contributed by atoms with Gasteiger partial charge in [-0.1, -0.05) is 18.2 Å². The quantitative estimate of drug-likeness (QED) is 0.560. The number of rotatable bonds is 6. The Labute approximate surface area is 204 Å². The molecule has 3 aromatic rings. The summed E-state index contributed by atoms with van der Waals surface area (Å²) >= 11 is 0. The normalized spacial score (nSPS) is 16.7. The molecule has 0 radical (unpaired) electrons. The van der Waals surface area contributed by atoms with Crippen molar-refractivity contribution in [3.63, 3.8) is 0 Å². The van der Waals surface area contributed by atoms with Crippen LogP contribution in [0.3, 0.4) is 0 Å². The maximum atomic E-state index is 14.3. The average Bonchev–Trinajstić information content (AvgIpc) is 2.85. The van der Waals surface area contributed by atoms with Gasteiger partial charge in [-0.25, -0.2) is 14.4 Å². The van der Waals surface area contributed by atoms with Gasteiger partial charge in [0.15, 0.2) is 11.6 Å². The largest absolute Gasteiger partial charge is 0.451 e. The van der Waals surface area contributed by atoms with Gasteiger partial charge in [0.2, 0.25) is 0 Å². The number of benzene rings is 2. The number of anilines is 2. The van der Waals surface area contributed by atoms with Crippen molar-refractivity contribution in [3.8, 4) is 11.5 Å². The molecule has 0 aliphatic carbocycles. The van der Waals surface area contributed by atoms with E-state index in [4.69, 9.17) is 4.74 Å². The highest BCUT2D eigenvalue weighted by molar-refractivity contribution is 6.08. The van der Waals surface area contributed by atoms with Crippen molar-refractivity contribution in [3.05, 3.63) is 72.4 Å². The van der Waals surface area contributed by atoms with Gasteiger partial charge < -0.3 is 19.9 Å². The molecule has 35 heavy (non-hydrogen) atoms. The van der Waals surface area contributed by atoms with Gasteiger partial charge in [0, 0.05) is 30.2 Å². The first kappa shape index (κ1) is 23.2. The summed E-state index contributed by atoms with van der Waals surface area (Å²) in [6, 6.07) is 13.2. The Morgan fingerprint density at radius 2 is 1.86 bits per heavy atom. The van der Waals surface area contributed by atoms with Crippen molar-refractivity contribution in [2.24, 2.45) is 5.41 Å². The van der Waals surface area contributed by atoms with E-state index in [-0.39, 0.29) is 23.3 Å². The van der Waals surface area contributed by atoms with Crippen LogP contribution in [0.1, 0.15) is 37.0 Å². The van der Waals surface area contributed by atoms with E-state index in [2.05, 4.69) is 20.2 Å². The smallest absolute Gasteiger partial charge is 0.262 e. The molecule has 1 spiro atoms. The van der Waals surface area contributed by atoms with Gasteiger partial charge in [-0.15, -0.1) is 0 Å². The van der Waals surface area contributed by atoms with Crippen molar-refractivity contribution in [2.45, 2.75) is 32.7 Å². The molecule has 2 aliphatic rings. The summed E-state index contributed by atoms with van der Waals surface area (Å²) in [5.41, 5.74) is 1.20. The van der Waals surface area contributed by atoms with Crippen LogP contribution in [0.4, 0.5) is 15.9 Å². The summed E-state index contributed by atoms with van der Waals surface area (Å²) in [5.74, 6) is 0.573. The molecular formula is C27H30FN5O2. The number of ether oxygens (including phenoxy) is 1. The number of hydrogen-bond donors (Lipinski definition) is 1. The van der Waals surface area contributed by atoms with E-state index in [1.165, 1.54) is 24.5 Å². The van der Waals surface area contributed by atoms with E-state index in [1.54, 1.807) is 11.1 Å². The van der Waals surface area contributed by atoms with Crippen LogP contribution in [0.15, 0.2) is 61.1 Å². The molecule has 3 heterocycles. The molecule has 0 bridgehead atoms. The van der Waals surface area contributed by atoms with Crippen LogP contribution >= 0.6 is 0 Å². The fourth-order valence-electron chi connectivity index (χ4n) is 5.05. The number of amides is 1. The number of aromatic nitrogens is 2. The van der Waals surface area contributed by atoms with Crippen LogP contribution in [0.5, 0.6) is 11.5 Å². The molecule has 2 aromatic carbocycles. The first-order valence-electron chi connectivity index (χ1n) is 12.1. The van der Waals surface area contributed by atoms with E-state index in [9.17, 15) is 9.18 Å². The lowest BCUT2D eigenvalue weighted by molar-refractivity contribution is 0.0977. The van der Waals surface area contributed by atoms with E-state index in [0.29, 0.717) is 17.0 Å². The molecule has 182 valence electrons. The molecule has 1 N–H and O–H groups in total. The summed E-state index contributed by atoms with van der Waals surface area (Å²) in [5, 5.41) is 3.42. The van der Waals surface area contributed by atoms with Crippen molar-refractivity contribution in [1.82, 2.24) is 15.3 Å². The number of piperidine rings is 1. The molecule has 2 aliphatic heterocycles. The van der Waals surface area contributed by atoms with E-state index in [0.717, 1.165) is 44.7 Å².